The molecule has 0 fully saturated rings. The van der Waals surface area contributed by atoms with E-state index in [4.69, 9.17) is 0 Å². The van der Waals surface area contributed by atoms with Gasteiger partial charge in [0.1, 0.15) is 0 Å². The van der Waals surface area contributed by atoms with Gasteiger partial charge in [0.05, 0.1) is 19.3 Å². The van der Waals surface area contributed by atoms with Crippen molar-refractivity contribution in [1.82, 2.24) is 20.0 Å². The highest BCUT2D eigenvalue weighted by atomic mass is 32.1. The molecule has 2 heterocycles. The van der Waals surface area contributed by atoms with Gasteiger partial charge in [-0.3, -0.25) is 9.67 Å². The summed E-state index contributed by atoms with van der Waals surface area (Å²) in [4.78, 5) is 6.83. The molecule has 2 aromatic rings. The second-order valence-corrected chi connectivity index (χ2v) is 5.78. The number of aliphatic imine (C=N–C) groups is 1. The van der Waals surface area contributed by atoms with Gasteiger partial charge in [0, 0.05) is 26.3 Å². The van der Waals surface area contributed by atoms with Crippen LogP contribution in [0.25, 0.3) is 0 Å². The Morgan fingerprint density at radius 2 is 2.38 bits per heavy atom. The lowest BCUT2D eigenvalue weighted by atomic mass is 10.3. The minimum absolute atomic E-state index is 0.720. The van der Waals surface area contributed by atoms with Crippen LogP contribution in [0.3, 0.4) is 0 Å². The van der Waals surface area contributed by atoms with Gasteiger partial charge in [0.25, 0.3) is 0 Å². The maximum atomic E-state index is 4.67. The molecule has 0 saturated heterocycles. The molecule has 0 aliphatic rings. The molecule has 5 nitrogen and oxygen atoms in total. The number of guanidine groups is 1. The van der Waals surface area contributed by atoms with E-state index in [9.17, 15) is 0 Å². The zero-order valence-corrected chi connectivity index (χ0v) is 13.7. The van der Waals surface area contributed by atoms with E-state index in [1.54, 1.807) is 11.3 Å². The Hall–Kier alpha value is -1.82. The standard InChI is InChI=1S/C15H23N5S/c1-4-16-15(19(3)11-14-5-8-21-12-14)17-6-7-20-10-13(2)9-18-20/h5,8-10,12H,4,6-7,11H2,1-3H3,(H,16,17). The lowest BCUT2D eigenvalue weighted by molar-refractivity contribution is 0.475. The third-order valence-corrected chi connectivity index (χ3v) is 3.78. The molecule has 0 unspecified atom stereocenters. The van der Waals surface area contributed by atoms with Crippen molar-refractivity contribution < 1.29 is 0 Å². The summed E-state index contributed by atoms with van der Waals surface area (Å²) in [5.74, 6) is 0.938. The maximum absolute atomic E-state index is 4.67. The van der Waals surface area contributed by atoms with Gasteiger partial charge in [-0.05, 0) is 41.8 Å². The second-order valence-electron chi connectivity index (χ2n) is 5.00. The van der Waals surface area contributed by atoms with Crippen LogP contribution in [-0.2, 0) is 13.1 Å². The molecule has 2 rings (SSSR count). The lowest BCUT2D eigenvalue weighted by Crippen LogP contribution is -2.38. The highest BCUT2D eigenvalue weighted by molar-refractivity contribution is 7.07. The number of thiophene rings is 1. The number of hydrogen-bond donors (Lipinski definition) is 1. The molecule has 0 spiro atoms. The summed E-state index contributed by atoms with van der Waals surface area (Å²) < 4.78 is 1.93. The maximum Gasteiger partial charge on any atom is 0.194 e. The van der Waals surface area contributed by atoms with Crippen LogP contribution in [0, 0.1) is 6.92 Å². The van der Waals surface area contributed by atoms with E-state index in [0.29, 0.717) is 0 Å². The predicted octanol–water partition coefficient (Wildman–Crippen LogP) is 2.35. The Labute approximate surface area is 130 Å². The van der Waals surface area contributed by atoms with Gasteiger partial charge < -0.3 is 10.2 Å². The fourth-order valence-electron chi connectivity index (χ4n) is 2.05. The summed E-state index contributed by atoms with van der Waals surface area (Å²) in [6.45, 7) is 7.40. The van der Waals surface area contributed by atoms with E-state index in [1.807, 2.05) is 24.0 Å². The van der Waals surface area contributed by atoms with Crippen LogP contribution in [0.2, 0.25) is 0 Å². The molecule has 1 N–H and O–H groups in total. The van der Waals surface area contributed by atoms with Gasteiger partial charge >= 0.3 is 0 Å². The Balaban J connectivity index is 1.91. The molecule has 2 aromatic heterocycles. The third kappa shape index (κ3) is 4.90. The number of hydrogen-bond acceptors (Lipinski definition) is 3. The van der Waals surface area contributed by atoms with Crippen molar-refractivity contribution in [1.29, 1.82) is 0 Å². The Morgan fingerprint density at radius 3 is 3.00 bits per heavy atom. The smallest absolute Gasteiger partial charge is 0.194 e. The zero-order valence-electron chi connectivity index (χ0n) is 12.9. The molecule has 0 aliphatic heterocycles. The normalized spacial score (nSPS) is 11.7. The molecule has 6 heteroatoms. The van der Waals surface area contributed by atoms with Crippen LogP contribution in [0.15, 0.2) is 34.2 Å². The van der Waals surface area contributed by atoms with E-state index in [-0.39, 0.29) is 0 Å². The monoisotopic (exact) mass is 305 g/mol. The molecule has 0 aromatic carbocycles. The molecule has 21 heavy (non-hydrogen) atoms. The number of nitrogens with zero attached hydrogens (tertiary/aromatic N) is 4. The zero-order chi connectivity index (χ0) is 15.1. The highest BCUT2D eigenvalue weighted by Gasteiger charge is 2.06. The molecule has 0 amide bonds. The predicted molar refractivity (Wildman–Crippen MR) is 88.7 cm³/mol. The minimum atomic E-state index is 0.720. The van der Waals surface area contributed by atoms with Crippen molar-refractivity contribution in [3.05, 3.63) is 40.3 Å². The van der Waals surface area contributed by atoms with E-state index in [2.05, 4.69) is 51.1 Å². The van der Waals surface area contributed by atoms with E-state index >= 15 is 0 Å². The largest absolute Gasteiger partial charge is 0.357 e. The topological polar surface area (TPSA) is 45.5 Å². The number of nitrogens with one attached hydrogen (secondary N) is 1. The summed E-state index contributed by atoms with van der Waals surface area (Å²) in [6, 6.07) is 2.15. The summed E-state index contributed by atoms with van der Waals surface area (Å²) in [5, 5.41) is 11.9. The van der Waals surface area contributed by atoms with Crippen LogP contribution in [0.1, 0.15) is 18.1 Å². The van der Waals surface area contributed by atoms with Crippen molar-refractivity contribution in [2.45, 2.75) is 26.9 Å². The van der Waals surface area contributed by atoms with Gasteiger partial charge in [-0.15, -0.1) is 0 Å². The molecule has 0 aliphatic carbocycles. The first kappa shape index (κ1) is 15.6. The van der Waals surface area contributed by atoms with E-state index < -0.39 is 0 Å². The van der Waals surface area contributed by atoms with Gasteiger partial charge in [-0.25, -0.2) is 0 Å². The summed E-state index contributed by atoms with van der Waals surface area (Å²) in [5.41, 5.74) is 2.50. The SMILES string of the molecule is CCNC(=NCCn1cc(C)cn1)N(C)Cc1ccsc1. The molecule has 114 valence electrons. The van der Waals surface area contributed by atoms with Gasteiger partial charge in [0.15, 0.2) is 5.96 Å². The first-order valence-electron chi connectivity index (χ1n) is 7.18. The summed E-state index contributed by atoms with van der Waals surface area (Å²) in [6.07, 6.45) is 3.91. The second kappa shape index (κ2) is 7.83. The Bertz CT molecular complexity index is 558. The Kier molecular flexibility index (Phi) is 5.80. The van der Waals surface area contributed by atoms with Crippen molar-refractivity contribution in [2.24, 2.45) is 4.99 Å². The van der Waals surface area contributed by atoms with Crippen LogP contribution in [0.4, 0.5) is 0 Å². The third-order valence-electron chi connectivity index (χ3n) is 3.05. The molecule has 0 radical (unpaired) electrons. The molecule has 0 saturated carbocycles. The molecule has 0 bridgehead atoms. The first-order chi connectivity index (χ1) is 10.2. The molecule has 0 atom stereocenters. The van der Waals surface area contributed by atoms with Crippen LogP contribution >= 0.6 is 11.3 Å². The Morgan fingerprint density at radius 1 is 1.52 bits per heavy atom. The number of rotatable bonds is 6. The quantitative estimate of drug-likeness (QED) is 0.658. The average molecular weight is 305 g/mol. The molecular formula is C15H23N5S. The van der Waals surface area contributed by atoms with Crippen molar-refractivity contribution in [2.75, 3.05) is 20.1 Å². The van der Waals surface area contributed by atoms with E-state index in [0.717, 1.165) is 32.1 Å². The van der Waals surface area contributed by atoms with Crippen LogP contribution < -0.4 is 5.32 Å². The fraction of sp³-hybridized carbons (Fsp3) is 0.467. The number of aromatic nitrogens is 2. The highest BCUT2D eigenvalue weighted by Crippen LogP contribution is 2.08. The summed E-state index contributed by atoms with van der Waals surface area (Å²) in [7, 11) is 2.07. The van der Waals surface area contributed by atoms with Gasteiger partial charge in [0.2, 0.25) is 0 Å². The average Bonchev–Trinajstić information content (AvgIpc) is 3.09. The van der Waals surface area contributed by atoms with Gasteiger partial charge in [-0.1, -0.05) is 0 Å². The lowest BCUT2D eigenvalue weighted by Gasteiger charge is -2.21. The van der Waals surface area contributed by atoms with Crippen molar-refractivity contribution in [3.8, 4) is 0 Å². The van der Waals surface area contributed by atoms with Gasteiger partial charge in [-0.2, -0.15) is 16.4 Å². The van der Waals surface area contributed by atoms with Crippen LogP contribution in [0.5, 0.6) is 0 Å². The fourth-order valence-corrected chi connectivity index (χ4v) is 2.71. The number of aryl methyl sites for hydroxylation is 1. The molecular weight excluding hydrogens is 282 g/mol. The van der Waals surface area contributed by atoms with Crippen LogP contribution in [-0.4, -0.2) is 40.8 Å². The first-order valence-corrected chi connectivity index (χ1v) is 8.13. The van der Waals surface area contributed by atoms with Crippen molar-refractivity contribution >= 4 is 17.3 Å². The van der Waals surface area contributed by atoms with Crippen molar-refractivity contribution in [3.63, 3.8) is 0 Å². The summed E-state index contributed by atoms with van der Waals surface area (Å²) >= 11 is 1.73. The minimum Gasteiger partial charge on any atom is -0.357 e. The van der Waals surface area contributed by atoms with E-state index in [1.165, 1.54) is 11.1 Å².